The van der Waals surface area contributed by atoms with Gasteiger partial charge in [-0.05, 0) is 0 Å². The minimum absolute atomic E-state index is 0. The van der Waals surface area contributed by atoms with Crippen molar-refractivity contribution in [3.8, 4) is 0 Å². The molecule has 1 unspecified atom stereocenters. The third-order valence-corrected chi connectivity index (χ3v) is 6.01. The fourth-order valence-corrected chi connectivity index (χ4v) is 4.57. The summed E-state index contributed by atoms with van der Waals surface area (Å²) in [4.78, 5) is 4.64. The molecule has 4 aromatic rings. The summed E-state index contributed by atoms with van der Waals surface area (Å²) in [6.45, 7) is 0. The molecule has 29 heavy (non-hydrogen) atoms. The molecular formula is C25H18Cl2CrN. The fourth-order valence-electron chi connectivity index (χ4n) is 3.97. The molecule has 143 valence electrons. The number of aromatic nitrogens is 1. The van der Waals surface area contributed by atoms with Gasteiger partial charge >= 0.3 is 168 Å². The summed E-state index contributed by atoms with van der Waals surface area (Å²) in [6.07, 6.45) is 9.66. The average Bonchev–Trinajstić information content (AvgIpc) is 3.09. The predicted octanol–water partition coefficient (Wildman–Crippen LogP) is -0.123. The zero-order chi connectivity index (χ0) is 18.3. The molecule has 4 heteroatoms. The van der Waals surface area contributed by atoms with E-state index < -0.39 is 0 Å². The van der Waals surface area contributed by atoms with E-state index in [-0.39, 0.29) is 29.1 Å². The number of para-hydroxylation sites is 1. The van der Waals surface area contributed by atoms with Crippen molar-refractivity contribution in [2.75, 3.05) is 0 Å². The van der Waals surface area contributed by atoms with Gasteiger partial charge in [0, 0.05) is 0 Å². The number of rotatable bonds is 3. The molecular weight excluding hydrogens is 437 g/mol. The number of hydrogen-bond acceptors (Lipinski definition) is 1. The molecule has 1 nitrogen and oxygen atoms in total. The van der Waals surface area contributed by atoms with Crippen LogP contribution >= 0.6 is 0 Å². The summed E-state index contributed by atoms with van der Waals surface area (Å²) in [5, 5.41) is 3.80. The number of hydrogen-bond donors (Lipinski definition) is 0. The van der Waals surface area contributed by atoms with Crippen LogP contribution in [-0.4, -0.2) is 4.98 Å². The van der Waals surface area contributed by atoms with E-state index in [1.54, 1.807) is 0 Å². The SMILES string of the molecule is [Cl-].[Cl-].[Cr+2][C]1(c2cccc3cccnc23)C=CC(Cc2cccc3ccccc23)=C1. The van der Waals surface area contributed by atoms with Crippen LogP contribution in [0.5, 0.6) is 0 Å². The van der Waals surface area contributed by atoms with E-state index in [1.165, 1.54) is 32.9 Å². The molecule has 0 aliphatic heterocycles. The molecule has 1 aromatic heterocycles. The van der Waals surface area contributed by atoms with Crippen molar-refractivity contribution in [2.24, 2.45) is 0 Å². The van der Waals surface area contributed by atoms with E-state index in [4.69, 9.17) is 0 Å². The Morgan fingerprint density at radius 3 is 2.41 bits per heavy atom. The first-order valence-corrected chi connectivity index (χ1v) is 9.79. The minimum atomic E-state index is -0.242. The third-order valence-electron chi connectivity index (χ3n) is 5.27. The van der Waals surface area contributed by atoms with Crippen LogP contribution in [-0.2, 0) is 27.0 Å². The van der Waals surface area contributed by atoms with Crippen LogP contribution in [0.3, 0.4) is 0 Å². The second-order valence-electron chi connectivity index (χ2n) is 7.04. The van der Waals surface area contributed by atoms with Crippen LogP contribution in [0.2, 0.25) is 0 Å². The molecule has 1 heterocycles. The Balaban J connectivity index is 0.00000120. The van der Waals surface area contributed by atoms with Crippen molar-refractivity contribution in [3.63, 3.8) is 0 Å². The fraction of sp³-hybridized carbons (Fsp3) is 0.0800. The van der Waals surface area contributed by atoms with Gasteiger partial charge in [-0.15, -0.1) is 0 Å². The molecule has 1 aliphatic carbocycles. The van der Waals surface area contributed by atoms with Gasteiger partial charge in [-0.3, -0.25) is 0 Å². The number of halogens is 2. The second kappa shape index (κ2) is 8.74. The first kappa shape index (κ1) is 21.6. The van der Waals surface area contributed by atoms with Crippen LogP contribution in [0.15, 0.2) is 103 Å². The number of pyridine rings is 1. The van der Waals surface area contributed by atoms with E-state index >= 15 is 0 Å². The van der Waals surface area contributed by atoms with Crippen molar-refractivity contribution >= 4 is 21.7 Å². The van der Waals surface area contributed by atoms with E-state index in [0.717, 1.165) is 11.9 Å². The Hall–Kier alpha value is -2.08. The van der Waals surface area contributed by atoms with Gasteiger partial charge in [0.05, 0.1) is 0 Å². The Labute approximate surface area is 191 Å². The number of allylic oxidation sites excluding steroid dienone is 4. The van der Waals surface area contributed by atoms with Crippen molar-refractivity contribution in [1.82, 2.24) is 4.98 Å². The van der Waals surface area contributed by atoms with Crippen molar-refractivity contribution < 1.29 is 41.1 Å². The van der Waals surface area contributed by atoms with Crippen molar-refractivity contribution in [3.05, 3.63) is 114 Å². The summed E-state index contributed by atoms with van der Waals surface area (Å²) in [7, 11) is 0. The van der Waals surface area contributed by atoms with Crippen molar-refractivity contribution in [2.45, 2.75) is 10.7 Å². The third kappa shape index (κ3) is 4.00. The van der Waals surface area contributed by atoms with Gasteiger partial charge in [-0.25, -0.2) is 0 Å². The Morgan fingerprint density at radius 1 is 0.793 bits per heavy atom. The molecule has 0 fully saturated rings. The van der Waals surface area contributed by atoms with Gasteiger partial charge in [0.15, 0.2) is 0 Å². The van der Waals surface area contributed by atoms with Crippen LogP contribution < -0.4 is 24.8 Å². The molecule has 0 radical (unpaired) electrons. The number of nitrogens with zero attached hydrogens (tertiary/aromatic N) is 1. The van der Waals surface area contributed by atoms with E-state index in [1.807, 2.05) is 12.3 Å². The Morgan fingerprint density at radius 2 is 1.52 bits per heavy atom. The molecule has 1 aliphatic rings. The first-order valence-electron chi connectivity index (χ1n) is 9.15. The van der Waals surface area contributed by atoms with Gasteiger partial charge in [-0.2, -0.15) is 0 Å². The number of benzene rings is 3. The maximum absolute atomic E-state index is 4.64. The quantitative estimate of drug-likeness (QED) is 0.420. The first-order chi connectivity index (χ1) is 13.2. The van der Waals surface area contributed by atoms with Gasteiger partial charge in [0.2, 0.25) is 0 Å². The van der Waals surface area contributed by atoms with Crippen molar-refractivity contribution in [1.29, 1.82) is 0 Å². The molecule has 3 aromatic carbocycles. The van der Waals surface area contributed by atoms with Gasteiger partial charge in [-0.1, -0.05) is 0 Å². The molecule has 0 spiro atoms. The molecule has 0 bridgehead atoms. The summed E-state index contributed by atoms with van der Waals surface area (Å²) in [5.74, 6) is 0. The van der Waals surface area contributed by atoms with E-state index in [0.29, 0.717) is 0 Å². The summed E-state index contributed by atoms with van der Waals surface area (Å²) >= 11 is 3.41. The summed E-state index contributed by atoms with van der Waals surface area (Å²) < 4.78 is -0.242. The zero-order valence-corrected chi connectivity index (χ0v) is 18.3. The maximum atomic E-state index is 4.64. The molecule has 0 amide bonds. The van der Waals surface area contributed by atoms with Gasteiger partial charge in [0.25, 0.3) is 0 Å². The summed E-state index contributed by atoms with van der Waals surface area (Å²) in [6, 6.07) is 25.7. The van der Waals surface area contributed by atoms with Crippen LogP contribution in [0, 0.1) is 0 Å². The zero-order valence-electron chi connectivity index (χ0n) is 15.6. The molecule has 0 saturated carbocycles. The van der Waals surface area contributed by atoms with E-state index in [2.05, 4.69) is 106 Å². The standard InChI is InChI=1S/C25H18N.2ClH.Cr/c1-2-11-23-19(6-1)7-3-9-21(23)16-18-13-14-22(17-18)24-12-4-8-20-10-5-15-26-25(20)24;;;/h1-15,17H,16H2;2*1H;/q;;;+2/p-2. The Bertz CT molecular complexity index is 1220. The van der Waals surface area contributed by atoms with Gasteiger partial charge < -0.3 is 24.8 Å². The Kier molecular flexibility index (Phi) is 6.52. The molecule has 0 N–H and O–H groups in total. The predicted molar refractivity (Wildman–Crippen MR) is 108 cm³/mol. The number of fused-ring (bicyclic) bond motifs is 2. The van der Waals surface area contributed by atoms with Crippen LogP contribution in [0.25, 0.3) is 21.7 Å². The van der Waals surface area contributed by atoms with Crippen LogP contribution in [0.1, 0.15) is 11.1 Å². The monoisotopic (exact) mass is 454 g/mol. The van der Waals surface area contributed by atoms with E-state index in [9.17, 15) is 0 Å². The van der Waals surface area contributed by atoms with Crippen LogP contribution in [0.4, 0.5) is 0 Å². The second-order valence-corrected chi connectivity index (χ2v) is 8.10. The molecule has 5 rings (SSSR count). The normalized spacial score (nSPS) is 17.6. The topological polar surface area (TPSA) is 12.9 Å². The average molecular weight is 455 g/mol. The van der Waals surface area contributed by atoms with Gasteiger partial charge in [0.1, 0.15) is 0 Å². The summed E-state index contributed by atoms with van der Waals surface area (Å²) in [5.41, 5.74) is 4.97. The molecule has 1 atom stereocenters. The molecule has 0 saturated heterocycles.